The minimum Gasteiger partial charge on any atom is -0.396 e. The predicted octanol–water partition coefficient (Wildman–Crippen LogP) is 2.97. The van der Waals surface area contributed by atoms with Crippen molar-refractivity contribution in [2.75, 3.05) is 13.2 Å². The predicted molar refractivity (Wildman–Crippen MR) is 79.4 cm³/mol. The van der Waals surface area contributed by atoms with E-state index in [0.717, 1.165) is 25.3 Å². The maximum absolute atomic E-state index is 13.8. The molecule has 2 rings (SSSR count). The molecule has 0 heterocycles. The van der Waals surface area contributed by atoms with Crippen molar-refractivity contribution in [1.82, 2.24) is 10.2 Å². The molecule has 0 spiro atoms. The third kappa shape index (κ3) is 4.16. The van der Waals surface area contributed by atoms with Crippen molar-refractivity contribution < 1.29 is 18.7 Å². The van der Waals surface area contributed by atoms with Gasteiger partial charge in [0.25, 0.3) is 0 Å². The van der Waals surface area contributed by atoms with Crippen molar-refractivity contribution in [3.05, 3.63) is 35.4 Å². The molecule has 1 saturated carbocycles. The number of carbonyl (C=O) groups excluding carboxylic acids is 1. The molecule has 122 valence electrons. The molecule has 1 fully saturated rings. The molecule has 6 heteroatoms. The number of nitrogens with one attached hydrogen (secondary N) is 1. The summed E-state index contributed by atoms with van der Waals surface area (Å²) in [6.07, 6.45) is 3.30. The molecule has 1 aliphatic rings. The van der Waals surface area contributed by atoms with Gasteiger partial charge in [0.1, 0.15) is 0 Å². The quantitative estimate of drug-likeness (QED) is 0.761. The number of nitrogens with zero attached hydrogens (tertiary/aromatic N) is 1. The van der Waals surface area contributed by atoms with E-state index in [1.165, 1.54) is 12.1 Å². The van der Waals surface area contributed by atoms with Gasteiger partial charge in [-0.25, -0.2) is 13.6 Å². The van der Waals surface area contributed by atoms with Crippen LogP contribution in [-0.4, -0.2) is 35.2 Å². The first kappa shape index (κ1) is 16.7. The fourth-order valence-electron chi connectivity index (χ4n) is 2.43. The number of aliphatic hydroxyl groups is 1. The van der Waals surface area contributed by atoms with E-state index in [9.17, 15) is 13.6 Å². The Balaban J connectivity index is 1.98. The minimum atomic E-state index is -0.923. The number of hydrogen-bond donors (Lipinski definition) is 2. The van der Waals surface area contributed by atoms with Gasteiger partial charge in [0.15, 0.2) is 11.6 Å². The normalized spacial score (nSPS) is 15.5. The smallest absolute Gasteiger partial charge is 0.318 e. The van der Waals surface area contributed by atoms with Gasteiger partial charge in [-0.05, 0) is 38.7 Å². The molecule has 0 radical (unpaired) electrons. The van der Waals surface area contributed by atoms with Crippen molar-refractivity contribution in [2.45, 2.75) is 44.7 Å². The summed E-state index contributed by atoms with van der Waals surface area (Å²) in [5, 5.41) is 11.6. The number of halogens is 2. The summed E-state index contributed by atoms with van der Waals surface area (Å²) in [4.78, 5) is 14.1. The van der Waals surface area contributed by atoms with Gasteiger partial charge in [-0.2, -0.15) is 0 Å². The van der Waals surface area contributed by atoms with Crippen LogP contribution in [0.15, 0.2) is 18.2 Å². The van der Waals surface area contributed by atoms with Gasteiger partial charge >= 0.3 is 6.03 Å². The summed E-state index contributed by atoms with van der Waals surface area (Å²) in [7, 11) is 0. The van der Waals surface area contributed by atoms with Gasteiger partial charge in [0, 0.05) is 24.8 Å². The lowest BCUT2D eigenvalue weighted by atomic mass is 10.1. The van der Waals surface area contributed by atoms with Gasteiger partial charge < -0.3 is 15.3 Å². The van der Waals surface area contributed by atoms with E-state index in [0.29, 0.717) is 13.0 Å². The number of hydrogen-bond acceptors (Lipinski definition) is 2. The van der Waals surface area contributed by atoms with Gasteiger partial charge in [-0.3, -0.25) is 0 Å². The zero-order chi connectivity index (χ0) is 16.1. The Morgan fingerprint density at radius 1 is 1.41 bits per heavy atom. The zero-order valence-corrected chi connectivity index (χ0v) is 12.7. The molecule has 2 N–H and O–H groups in total. The van der Waals surface area contributed by atoms with Gasteiger partial charge in [-0.15, -0.1) is 0 Å². The summed E-state index contributed by atoms with van der Waals surface area (Å²) in [5.41, 5.74) is 0.138. The third-order valence-corrected chi connectivity index (χ3v) is 3.84. The minimum absolute atomic E-state index is 0.102. The van der Waals surface area contributed by atoms with Gasteiger partial charge in [0.2, 0.25) is 0 Å². The standard InChI is InChI=1S/C16H22F2N2O2/c1-11(13-5-4-6-14(17)15(13)18)19-16(22)20(12-7-8-12)9-2-3-10-21/h4-6,11-12,21H,2-3,7-10H2,1H3,(H,19,22). The monoisotopic (exact) mass is 312 g/mol. The molecule has 1 aromatic carbocycles. The molecule has 4 nitrogen and oxygen atoms in total. The Hall–Kier alpha value is -1.69. The molecule has 0 aliphatic heterocycles. The topological polar surface area (TPSA) is 52.6 Å². The highest BCUT2D eigenvalue weighted by Crippen LogP contribution is 2.28. The number of rotatable bonds is 7. The lowest BCUT2D eigenvalue weighted by Crippen LogP contribution is -2.43. The number of urea groups is 1. The van der Waals surface area contributed by atoms with E-state index in [1.54, 1.807) is 11.8 Å². The molecule has 1 aliphatic carbocycles. The number of benzene rings is 1. The fourth-order valence-corrected chi connectivity index (χ4v) is 2.43. The summed E-state index contributed by atoms with van der Waals surface area (Å²) in [6, 6.07) is 3.30. The second-order valence-electron chi connectivity index (χ2n) is 5.67. The first-order valence-electron chi connectivity index (χ1n) is 7.66. The Labute approximate surface area is 129 Å². The molecule has 1 unspecified atom stereocenters. The van der Waals surface area contributed by atoms with Crippen molar-refractivity contribution in [2.24, 2.45) is 0 Å². The molecule has 0 aromatic heterocycles. The van der Waals surface area contributed by atoms with Crippen LogP contribution in [0, 0.1) is 11.6 Å². The zero-order valence-electron chi connectivity index (χ0n) is 12.7. The highest BCUT2D eigenvalue weighted by Gasteiger charge is 2.32. The van der Waals surface area contributed by atoms with Crippen molar-refractivity contribution in [3.63, 3.8) is 0 Å². The number of unbranched alkanes of at least 4 members (excludes halogenated alkanes) is 1. The maximum Gasteiger partial charge on any atom is 0.318 e. The number of amides is 2. The molecule has 1 atom stereocenters. The Kier molecular flexibility index (Phi) is 5.71. The first-order valence-corrected chi connectivity index (χ1v) is 7.66. The van der Waals surface area contributed by atoms with Crippen LogP contribution in [0.3, 0.4) is 0 Å². The van der Waals surface area contributed by atoms with Crippen LogP contribution in [0.1, 0.15) is 44.2 Å². The molecular formula is C16H22F2N2O2. The van der Waals surface area contributed by atoms with E-state index in [2.05, 4.69) is 5.32 Å². The van der Waals surface area contributed by atoms with Crippen LogP contribution in [0.4, 0.5) is 13.6 Å². The van der Waals surface area contributed by atoms with E-state index >= 15 is 0 Å². The largest absolute Gasteiger partial charge is 0.396 e. The van der Waals surface area contributed by atoms with E-state index in [1.807, 2.05) is 0 Å². The summed E-state index contributed by atoms with van der Waals surface area (Å²) in [5.74, 6) is -1.84. The molecular weight excluding hydrogens is 290 g/mol. The number of carbonyl (C=O) groups is 1. The Morgan fingerprint density at radius 3 is 2.77 bits per heavy atom. The van der Waals surface area contributed by atoms with Crippen molar-refractivity contribution in [3.8, 4) is 0 Å². The highest BCUT2D eigenvalue weighted by molar-refractivity contribution is 5.75. The fraction of sp³-hybridized carbons (Fsp3) is 0.562. The Bertz CT molecular complexity index is 521. The summed E-state index contributed by atoms with van der Waals surface area (Å²) in [6.45, 7) is 2.30. The van der Waals surface area contributed by atoms with Crippen molar-refractivity contribution >= 4 is 6.03 Å². The highest BCUT2D eigenvalue weighted by atomic mass is 19.2. The Morgan fingerprint density at radius 2 is 2.14 bits per heavy atom. The van der Waals surface area contributed by atoms with E-state index < -0.39 is 17.7 Å². The number of aliphatic hydroxyl groups excluding tert-OH is 1. The van der Waals surface area contributed by atoms with E-state index in [-0.39, 0.29) is 24.2 Å². The first-order chi connectivity index (χ1) is 10.5. The molecule has 22 heavy (non-hydrogen) atoms. The second-order valence-corrected chi connectivity index (χ2v) is 5.67. The van der Waals surface area contributed by atoms with Crippen LogP contribution in [0.2, 0.25) is 0 Å². The molecule has 0 bridgehead atoms. The summed E-state index contributed by atoms with van der Waals surface area (Å²) < 4.78 is 27.0. The second kappa shape index (κ2) is 7.54. The van der Waals surface area contributed by atoms with Crippen LogP contribution in [-0.2, 0) is 0 Å². The molecule has 2 amide bonds. The van der Waals surface area contributed by atoms with Crippen LogP contribution >= 0.6 is 0 Å². The average Bonchev–Trinajstić information content (AvgIpc) is 3.30. The van der Waals surface area contributed by atoms with Gasteiger partial charge in [-0.1, -0.05) is 12.1 Å². The lowest BCUT2D eigenvalue weighted by molar-refractivity contribution is 0.187. The lowest BCUT2D eigenvalue weighted by Gasteiger charge is -2.25. The van der Waals surface area contributed by atoms with E-state index in [4.69, 9.17) is 5.11 Å². The molecule has 0 saturated heterocycles. The van der Waals surface area contributed by atoms with Crippen LogP contribution in [0.5, 0.6) is 0 Å². The third-order valence-electron chi connectivity index (χ3n) is 3.84. The molecule has 1 aromatic rings. The van der Waals surface area contributed by atoms with Gasteiger partial charge in [0.05, 0.1) is 6.04 Å². The summed E-state index contributed by atoms with van der Waals surface area (Å²) >= 11 is 0. The average molecular weight is 312 g/mol. The maximum atomic E-state index is 13.8. The van der Waals surface area contributed by atoms with Crippen LogP contribution < -0.4 is 5.32 Å². The van der Waals surface area contributed by atoms with Crippen LogP contribution in [0.25, 0.3) is 0 Å². The van der Waals surface area contributed by atoms with Crippen molar-refractivity contribution in [1.29, 1.82) is 0 Å². The SMILES string of the molecule is CC(NC(=O)N(CCCCO)C1CC1)c1cccc(F)c1F.